The Balaban J connectivity index is 2.11. The van der Waals surface area contributed by atoms with Gasteiger partial charge in [0.1, 0.15) is 5.75 Å². The van der Waals surface area contributed by atoms with Crippen molar-refractivity contribution in [2.24, 2.45) is 0 Å². The number of hydrogen-bond donors (Lipinski definition) is 3. The molecule has 0 aliphatic carbocycles. The van der Waals surface area contributed by atoms with Crippen molar-refractivity contribution in [1.29, 1.82) is 0 Å². The molecule has 0 unspecified atom stereocenters. The third-order valence-electron chi connectivity index (χ3n) is 2.34. The summed E-state index contributed by atoms with van der Waals surface area (Å²) in [5, 5.41) is 14.3. The Kier molecular flexibility index (Phi) is 5.19. The summed E-state index contributed by atoms with van der Waals surface area (Å²) in [7, 11) is 1.60. The van der Waals surface area contributed by atoms with Crippen LogP contribution in [0.4, 0.5) is 4.79 Å². The van der Waals surface area contributed by atoms with Crippen LogP contribution < -0.4 is 10.6 Å². The first-order valence-electron chi connectivity index (χ1n) is 5.46. The van der Waals surface area contributed by atoms with Crippen molar-refractivity contribution in [3.8, 4) is 5.75 Å². The average molecular weight is 222 g/mol. The van der Waals surface area contributed by atoms with E-state index in [1.54, 1.807) is 19.2 Å². The zero-order valence-corrected chi connectivity index (χ0v) is 9.49. The smallest absolute Gasteiger partial charge is 0.314 e. The molecule has 3 N–H and O–H groups in total. The molecule has 0 saturated heterocycles. The third kappa shape index (κ3) is 4.68. The third-order valence-corrected chi connectivity index (χ3v) is 2.34. The molecule has 1 rings (SSSR count). The molecule has 1 aromatic rings. The summed E-state index contributed by atoms with van der Waals surface area (Å²) in [6.45, 7) is 0.692. The van der Waals surface area contributed by atoms with E-state index >= 15 is 0 Å². The van der Waals surface area contributed by atoms with Crippen LogP contribution in [-0.4, -0.2) is 24.7 Å². The van der Waals surface area contributed by atoms with Crippen molar-refractivity contribution in [2.45, 2.75) is 19.3 Å². The summed E-state index contributed by atoms with van der Waals surface area (Å²) in [6, 6.07) is 7.09. The van der Waals surface area contributed by atoms with Crippen molar-refractivity contribution >= 4 is 6.03 Å². The lowest BCUT2D eigenvalue weighted by molar-refractivity contribution is 0.242. The van der Waals surface area contributed by atoms with Crippen LogP contribution in [0.2, 0.25) is 0 Å². The highest BCUT2D eigenvalue weighted by Crippen LogP contribution is 2.11. The second-order valence-corrected chi connectivity index (χ2v) is 3.63. The molecule has 0 atom stereocenters. The Morgan fingerprint density at radius 2 is 1.94 bits per heavy atom. The molecule has 0 fully saturated rings. The van der Waals surface area contributed by atoms with Crippen LogP contribution >= 0.6 is 0 Å². The highest BCUT2D eigenvalue weighted by atomic mass is 16.3. The van der Waals surface area contributed by atoms with Gasteiger partial charge in [-0.3, -0.25) is 0 Å². The number of hydrogen-bond acceptors (Lipinski definition) is 2. The van der Waals surface area contributed by atoms with E-state index in [4.69, 9.17) is 5.11 Å². The molecule has 4 heteroatoms. The monoisotopic (exact) mass is 222 g/mol. The van der Waals surface area contributed by atoms with Crippen LogP contribution in [0.3, 0.4) is 0 Å². The largest absolute Gasteiger partial charge is 0.508 e. The highest BCUT2D eigenvalue weighted by Gasteiger charge is 1.96. The standard InChI is InChI=1S/C12H18N2O2/c1-13-12(16)14-9-3-2-4-10-5-7-11(15)8-6-10/h5-8,15H,2-4,9H2,1H3,(H2,13,14,16). The van der Waals surface area contributed by atoms with E-state index in [0.29, 0.717) is 12.3 Å². The Bertz CT molecular complexity index is 322. The number of phenols is 1. The molecular weight excluding hydrogens is 204 g/mol. The number of amides is 2. The van der Waals surface area contributed by atoms with Gasteiger partial charge >= 0.3 is 6.03 Å². The fraction of sp³-hybridized carbons (Fsp3) is 0.417. The number of urea groups is 1. The number of phenolic OH excluding ortho intramolecular Hbond substituents is 1. The van der Waals surface area contributed by atoms with Crippen molar-refractivity contribution in [3.63, 3.8) is 0 Å². The minimum Gasteiger partial charge on any atom is -0.508 e. The van der Waals surface area contributed by atoms with E-state index in [2.05, 4.69) is 10.6 Å². The molecule has 0 aliphatic rings. The maximum absolute atomic E-state index is 10.8. The van der Waals surface area contributed by atoms with Crippen LogP contribution in [-0.2, 0) is 6.42 Å². The van der Waals surface area contributed by atoms with Gasteiger partial charge in [0, 0.05) is 13.6 Å². The summed E-state index contributed by atoms with van der Waals surface area (Å²) in [5.74, 6) is 0.296. The van der Waals surface area contributed by atoms with Crippen LogP contribution in [0.15, 0.2) is 24.3 Å². The van der Waals surface area contributed by atoms with Crippen LogP contribution in [0.1, 0.15) is 18.4 Å². The summed E-state index contributed by atoms with van der Waals surface area (Å²) >= 11 is 0. The highest BCUT2D eigenvalue weighted by molar-refractivity contribution is 5.73. The lowest BCUT2D eigenvalue weighted by Gasteiger charge is -2.04. The maximum atomic E-state index is 10.8. The fourth-order valence-electron chi connectivity index (χ4n) is 1.41. The molecule has 0 bridgehead atoms. The second kappa shape index (κ2) is 6.71. The van der Waals surface area contributed by atoms with E-state index in [1.165, 1.54) is 5.56 Å². The number of nitrogens with one attached hydrogen (secondary N) is 2. The minimum atomic E-state index is -0.135. The summed E-state index contributed by atoms with van der Waals surface area (Å²) in [5.41, 5.74) is 1.21. The fourth-order valence-corrected chi connectivity index (χ4v) is 1.41. The number of rotatable bonds is 5. The zero-order chi connectivity index (χ0) is 11.8. The first kappa shape index (κ1) is 12.4. The molecule has 0 saturated carbocycles. The van der Waals surface area contributed by atoms with E-state index in [9.17, 15) is 4.79 Å². The molecule has 0 spiro atoms. The van der Waals surface area contributed by atoms with Gasteiger partial charge in [0.15, 0.2) is 0 Å². The van der Waals surface area contributed by atoms with Crippen molar-refractivity contribution in [1.82, 2.24) is 10.6 Å². The molecule has 1 aromatic carbocycles. The van der Waals surface area contributed by atoms with E-state index in [0.717, 1.165) is 19.3 Å². The minimum absolute atomic E-state index is 0.135. The van der Waals surface area contributed by atoms with Crippen molar-refractivity contribution in [2.75, 3.05) is 13.6 Å². The summed E-state index contributed by atoms with van der Waals surface area (Å²) in [4.78, 5) is 10.8. The molecule has 0 aliphatic heterocycles. The molecule has 0 heterocycles. The second-order valence-electron chi connectivity index (χ2n) is 3.63. The molecule has 4 nitrogen and oxygen atoms in total. The molecule has 0 radical (unpaired) electrons. The number of carbonyl (C=O) groups excluding carboxylic acids is 1. The van der Waals surface area contributed by atoms with Gasteiger partial charge in [-0.25, -0.2) is 4.79 Å². The van der Waals surface area contributed by atoms with Gasteiger partial charge in [0.25, 0.3) is 0 Å². The maximum Gasteiger partial charge on any atom is 0.314 e. The molecule has 0 aromatic heterocycles. The van der Waals surface area contributed by atoms with Gasteiger partial charge < -0.3 is 15.7 Å². The van der Waals surface area contributed by atoms with Gasteiger partial charge in [-0.15, -0.1) is 0 Å². The first-order chi connectivity index (χ1) is 7.72. The molecule has 2 amide bonds. The Hall–Kier alpha value is -1.71. The molecule has 88 valence electrons. The predicted molar refractivity (Wildman–Crippen MR) is 63.5 cm³/mol. The number of carbonyl (C=O) groups is 1. The van der Waals surface area contributed by atoms with E-state index < -0.39 is 0 Å². The number of benzene rings is 1. The van der Waals surface area contributed by atoms with Crippen molar-refractivity contribution < 1.29 is 9.90 Å². The van der Waals surface area contributed by atoms with E-state index in [1.807, 2.05) is 12.1 Å². The Morgan fingerprint density at radius 3 is 2.56 bits per heavy atom. The topological polar surface area (TPSA) is 61.4 Å². The Morgan fingerprint density at radius 1 is 1.25 bits per heavy atom. The lowest BCUT2D eigenvalue weighted by Crippen LogP contribution is -2.33. The zero-order valence-electron chi connectivity index (χ0n) is 9.49. The van der Waals surface area contributed by atoms with Gasteiger partial charge in [0.05, 0.1) is 0 Å². The lowest BCUT2D eigenvalue weighted by atomic mass is 10.1. The first-order valence-corrected chi connectivity index (χ1v) is 5.46. The molecular formula is C12H18N2O2. The SMILES string of the molecule is CNC(=O)NCCCCc1ccc(O)cc1. The normalized spacial score (nSPS) is 9.81. The quantitative estimate of drug-likeness (QED) is 0.663. The number of aryl methyl sites for hydroxylation is 1. The average Bonchev–Trinajstić information content (AvgIpc) is 2.31. The van der Waals surface area contributed by atoms with Gasteiger partial charge in [-0.1, -0.05) is 12.1 Å². The summed E-state index contributed by atoms with van der Waals surface area (Å²) < 4.78 is 0. The van der Waals surface area contributed by atoms with Gasteiger partial charge in [-0.2, -0.15) is 0 Å². The number of unbranched alkanes of at least 4 members (excludes halogenated alkanes) is 1. The van der Waals surface area contributed by atoms with Crippen molar-refractivity contribution in [3.05, 3.63) is 29.8 Å². The predicted octanol–water partition coefficient (Wildman–Crippen LogP) is 1.64. The number of aromatic hydroxyl groups is 1. The van der Waals surface area contributed by atoms with E-state index in [-0.39, 0.29) is 6.03 Å². The summed E-state index contributed by atoms with van der Waals surface area (Å²) in [6.07, 6.45) is 2.94. The Labute approximate surface area is 95.7 Å². The molecule has 16 heavy (non-hydrogen) atoms. The van der Waals surface area contributed by atoms with Crippen LogP contribution in [0, 0.1) is 0 Å². The van der Waals surface area contributed by atoms with Gasteiger partial charge in [-0.05, 0) is 37.0 Å². The van der Waals surface area contributed by atoms with Crippen LogP contribution in [0.5, 0.6) is 5.75 Å². The van der Waals surface area contributed by atoms with Gasteiger partial charge in [0.2, 0.25) is 0 Å². The van der Waals surface area contributed by atoms with Crippen LogP contribution in [0.25, 0.3) is 0 Å².